The second-order valence-corrected chi connectivity index (χ2v) is 15.9. The molecule has 0 amide bonds. The van der Waals surface area contributed by atoms with Gasteiger partial charge in [-0.1, -0.05) is 20.8 Å². The summed E-state index contributed by atoms with van der Waals surface area (Å²) in [5.41, 5.74) is -0.767. The molecule has 2 aliphatic rings. The Labute approximate surface area is 136 Å². The third-order valence-corrected chi connectivity index (χ3v) is 11.7. The van der Waals surface area contributed by atoms with Crippen LogP contribution in [-0.4, -0.2) is 64.5 Å². The first kappa shape index (κ1) is 18.7. The van der Waals surface area contributed by atoms with Gasteiger partial charge in [0.15, 0.2) is 15.7 Å². The van der Waals surface area contributed by atoms with Gasteiger partial charge in [0, 0.05) is 12.8 Å². The van der Waals surface area contributed by atoms with E-state index in [-0.39, 0.29) is 23.8 Å². The summed E-state index contributed by atoms with van der Waals surface area (Å²) >= 11 is 0. The Morgan fingerprint density at radius 3 is 2.45 bits per heavy atom. The van der Waals surface area contributed by atoms with E-state index < -0.39 is 27.4 Å². The largest absolute Gasteiger partial charge is 0.409 e. The van der Waals surface area contributed by atoms with Crippen LogP contribution in [0.15, 0.2) is 0 Å². The molecule has 1 N–H and O–H groups in total. The number of hydrogen-bond acceptors (Lipinski definition) is 5. The molecule has 0 saturated carbocycles. The van der Waals surface area contributed by atoms with Crippen molar-refractivity contribution in [2.75, 3.05) is 19.4 Å². The van der Waals surface area contributed by atoms with Gasteiger partial charge in [-0.05, 0) is 24.6 Å². The summed E-state index contributed by atoms with van der Waals surface area (Å²) in [5.74, 6) is 0. The summed E-state index contributed by atoms with van der Waals surface area (Å²) in [7, 11) is -2.58. The molecule has 0 aliphatic carbocycles. The van der Waals surface area contributed by atoms with Crippen molar-refractivity contribution in [2.45, 2.75) is 69.1 Å². The van der Waals surface area contributed by atoms with E-state index in [4.69, 9.17) is 13.7 Å². The fourth-order valence-corrected chi connectivity index (χ4v) is 5.60. The maximum absolute atomic E-state index is 12.0. The Balaban J connectivity index is 2.15. The summed E-state index contributed by atoms with van der Waals surface area (Å²) in [6.45, 7) is 12.7. The van der Waals surface area contributed by atoms with Crippen LogP contribution in [0, 0.1) is 0 Å². The van der Waals surface area contributed by atoms with Crippen LogP contribution in [0.2, 0.25) is 18.1 Å². The van der Waals surface area contributed by atoms with Crippen LogP contribution in [0.5, 0.6) is 0 Å². The van der Waals surface area contributed by atoms with Gasteiger partial charge in [-0.2, -0.15) is 0 Å². The molecule has 2 unspecified atom stereocenters. The first-order chi connectivity index (χ1) is 9.80. The van der Waals surface area contributed by atoms with Gasteiger partial charge in [0.1, 0.15) is 19.6 Å². The molecular weight excluding hydrogens is 318 g/mol. The average Bonchev–Trinajstić information content (AvgIpc) is 2.57. The third-order valence-electron chi connectivity index (χ3n) is 5.49. The van der Waals surface area contributed by atoms with Crippen molar-refractivity contribution in [1.82, 2.24) is 0 Å². The molecule has 22 heavy (non-hydrogen) atoms. The van der Waals surface area contributed by atoms with Crippen LogP contribution < -0.4 is 0 Å². The van der Waals surface area contributed by atoms with E-state index >= 15 is 0 Å². The van der Waals surface area contributed by atoms with Crippen LogP contribution >= 0.6 is 7.37 Å². The minimum Gasteiger partial charge on any atom is -0.409 e. The molecule has 0 aromatic carbocycles. The van der Waals surface area contributed by atoms with Crippen LogP contribution in [0.1, 0.15) is 27.2 Å². The van der Waals surface area contributed by atoms with Gasteiger partial charge in [-0.3, -0.25) is 4.57 Å². The highest BCUT2D eigenvalue weighted by Gasteiger charge is 2.57. The van der Waals surface area contributed by atoms with Gasteiger partial charge in [0.05, 0.1) is 18.7 Å². The minimum atomic E-state index is -2.52. The Morgan fingerprint density at radius 2 is 2.00 bits per heavy atom. The summed E-state index contributed by atoms with van der Waals surface area (Å²) in [6.07, 6.45) is -0.0801. The first-order valence-corrected chi connectivity index (χ1v) is 13.2. The standard InChI is InChI=1S/C14H30BO5PSi/c1-13(2,3)22(5,6)20-10-11(16)14(19-12(10)15)7-8-21(4,17)18-9-14/h10-12,16H,7-9,15H2,1-6H3/t10-,11?,12+,14-,21?/m0/s1. The minimum absolute atomic E-state index is 0.0738. The van der Waals surface area contributed by atoms with Crippen molar-refractivity contribution < 1.29 is 23.4 Å². The molecule has 8 heteroatoms. The zero-order valence-corrected chi connectivity index (χ0v) is 16.8. The Kier molecular flexibility index (Phi) is 4.85. The van der Waals surface area contributed by atoms with Crippen molar-refractivity contribution in [3.8, 4) is 0 Å². The molecule has 128 valence electrons. The summed E-state index contributed by atoms with van der Waals surface area (Å²) < 4.78 is 30.0. The fourth-order valence-electron chi connectivity index (χ4n) is 2.84. The van der Waals surface area contributed by atoms with E-state index in [9.17, 15) is 9.67 Å². The number of hydrogen-bond donors (Lipinski definition) is 1. The van der Waals surface area contributed by atoms with Crippen molar-refractivity contribution >= 4 is 23.5 Å². The number of aliphatic hydroxyl groups is 1. The van der Waals surface area contributed by atoms with Gasteiger partial charge in [-0.25, -0.2) is 0 Å². The molecule has 0 aromatic heterocycles. The van der Waals surface area contributed by atoms with E-state index in [1.54, 1.807) is 6.66 Å². The smallest absolute Gasteiger partial charge is 0.200 e. The predicted molar refractivity (Wildman–Crippen MR) is 93.2 cm³/mol. The molecule has 2 rings (SSSR count). The highest BCUT2D eigenvalue weighted by molar-refractivity contribution is 7.58. The lowest BCUT2D eigenvalue weighted by molar-refractivity contribution is -0.101. The Hall–Kier alpha value is 0.352. The molecule has 0 aromatic rings. The molecular formula is C14H30BO5PSi. The summed E-state index contributed by atoms with van der Waals surface area (Å²) in [6, 6.07) is -0.193. The van der Waals surface area contributed by atoms with Crippen LogP contribution in [-0.2, 0) is 18.3 Å². The van der Waals surface area contributed by atoms with Crippen LogP contribution in [0.4, 0.5) is 0 Å². The average molecular weight is 348 g/mol. The monoisotopic (exact) mass is 348 g/mol. The normalized spacial score (nSPS) is 43.7. The predicted octanol–water partition coefficient (Wildman–Crippen LogP) is 1.79. The maximum atomic E-state index is 12.0. The first-order valence-electron chi connectivity index (χ1n) is 8.04. The molecule has 2 heterocycles. The fraction of sp³-hybridized carbons (Fsp3) is 1.00. The highest BCUT2D eigenvalue weighted by Crippen LogP contribution is 2.53. The van der Waals surface area contributed by atoms with Gasteiger partial charge in [0.25, 0.3) is 0 Å². The number of aliphatic hydroxyl groups excluding tert-OH is 1. The van der Waals surface area contributed by atoms with Gasteiger partial charge in [0.2, 0.25) is 0 Å². The van der Waals surface area contributed by atoms with Gasteiger partial charge in [-0.15, -0.1) is 0 Å². The van der Waals surface area contributed by atoms with Crippen LogP contribution in [0.25, 0.3) is 0 Å². The van der Waals surface area contributed by atoms with E-state index in [2.05, 4.69) is 33.9 Å². The molecule has 2 aliphatic heterocycles. The molecule has 1 spiro atoms. The third kappa shape index (κ3) is 3.40. The Bertz CT molecular complexity index is 466. The zero-order valence-electron chi connectivity index (χ0n) is 14.9. The van der Waals surface area contributed by atoms with Crippen molar-refractivity contribution in [2.24, 2.45) is 0 Å². The second kappa shape index (κ2) is 5.71. The molecule has 2 fully saturated rings. The molecule has 0 radical (unpaired) electrons. The van der Waals surface area contributed by atoms with E-state index in [0.717, 1.165) is 0 Å². The lowest BCUT2D eigenvalue weighted by atomic mass is 9.88. The maximum Gasteiger partial charge on any atom is 0.200 e. The van der Waals surface area contributed by atoms with Gasteiger partial charge >= 0.3 is 0 Å². The molecule has 5 nitrogen and oxygen atoms in total. The van der Waals surface area contributed by atoms with Crippen LogP contribution in [0.3, 0.4) is 0 Å². The van der Waals surface area contributed by atoms with Crippen molar-refractivity contribution in [3.05, 3.63) is 0 Å². The second-order valence-electron chi connectivity index (χ2n) is 8.44. The number of rotatable bonds is 2. The lowest BCUT2D eigenvalue weighted by Gasteiger charge is -2.41. The molecule has 2 saturated heterocycles. The molecule has 5 atom stereocenters. The summed E-state index contributed by atoms with van der Waals surface area (Å²) in [5, 5.41) is 10.9. The van der Waals surface area contributed by atoms with E-state index in [1.807, 2.05) is 7.85 Å². The van der Waals surface area contributed by atoms with Crippen molar-refractivity contribution in [3.63, 3.8) is 0 Å². The van der Waals surface area contributed by atoms with E-state index in [1.165, 1.54) is 0 Å². The number of ether oxygens (including phenoxy) is 1. The topological polar surface area (TPSA) is 65.0 Å². The highest BCUT2D eigenvalue weighted by atomic mass is 31.2. The Morgan fingerprint density at radius 1 is 1.41 bits per heavy atom. The SMILES string of the molecule is B[C@@H]1O[C@]2(CCP(C)(=O)OC2)C(O)[C@@H]1O[Si](C)(C)C(C)(C)C. The van der Waals surface area contributed by atoms with Crippen molar-refractivity contribution in [1.29, 1.82) is 0 Å². The molecule has 0 bridgehead atoms. The quantitative estimate of drug-likeness (QED) is 0.609. The zero-order chi connectivity index (χ0) is 17.0. The van der Waals surface area contributed by atoms with Gasteiger partial charge < -0.3 is 18.8 Å². The summed E-state index contributed by atoms with van der Waals surface area (Å²) in [4.78, 5) is 0. The van der Waals surface area contributed by atoms with E-state index in [0.29, 0.717) is 12.6 Å². The lowest BCUT2D eigenvalue weighted by Crippen LogP contribution is -2.53.